The SMILES string of the molecule is CCC(CC)(CN)C(=O)Nc1cc(C(=O)OC)ccc1F. The number of nitrogens with one attached hydrogen (secondary N) is 1. The number of nitrogens with two attached hydrogens (primary N) is 1. The van der Waals surface area contributed by atoms with E-state index in [2.05, 4.69) is 10.1 Å². The lowest BCUT2D eigenvalue weighted by atomic mass is 9.81. The van der Waals surface area contributed by atoms with Gasteiger partial charge >= 0.3 is 5.97 Å². The van der Waals surface area contributed by atoms with Crippen LogP contribution in [0.2, 0.25) is 0 Å². The molecule has 0 atom stereocenters. The van der Waals surface area contributed by atoms with E-state index < -0.39 is 17.2 Å². The molecule has 3 N–H and O–H groups in total. The van der Waals surface area contributed by atoms with Gasteiger partial charge in [-0.05, 0) is 31.0 Å². The lowest BCUT2D eigenvalue weighted by Gasteiger charge is -2.28. The number of halogens is 1. The van der Waals surface area contributed by atoms with Crippen LogP contribution in [-0.2, 0) is 9.53 Å². The van der Waals surface area contributed by atoms with E-state index in [1.165, 1.54) is 19.2 Å². The summed E-state index contributed by atoms with van der Waals surface area (Å²) in [6.07, 6.45) is 1.09. The van der Waals surface area contributed by atoms with Gasteiger partial charge in [-0.25, -0.2) is 9.18 Å². The molecule has 21 heavy (non-hydrogen) atoms. The Bertz CT molecular complexity index is 519. The van der Waals surface area contributed by atoms with Crippen molar-refractivity contribution in [3.8, 4) is 0 Å². The Morgan fingerprint density at radius 2 is 1.95 bits per heavy atom. The molecule has 6 heteroatoms. The Kier molecular flexibility index (Phi) is 5.84. The van der Waals surface area contributed by atoms with Gasteiger partial charge in [0, 0.05) is 6.54 Å². The number of ether oxygens (including phenoxy) is 1. The molecule has 0 aromatic heterocycles. The predicted molar refractivity (Wildman–Crippen MR) is 78.4 cm³/mol. The molecule has 0 unspecified atom stereocenters. The zero-order chi connectivity index (χ0) is 16.0. The topological polar surface area (TPSA) is 81.4 Å². The number of benzene rings is 1. The number of methoxy groups -OCH3 is 1. The molecule has 0 aliphatic carbocycles. The minimum atomic E-state index is -0.742. The van der Waals surface area contributed by atoms with E-state index >= 15 is 0 Å². The largest absolute Gasteiger partial charge is 0.465 e. The third-order valence-electron chi connectivity index (χ3n) is 3.86. The maximum absolute atomic E-state index is 13.8. The Balaban J connectivity index is 3.07. The van der Waals surface area contributed by atoms with Crippen molar-refractivity contribution in [2.24, 2.45) is 11.1 Å². The first-order valence-electron chi connectivity index (χ1n) is 6.83. The fourth-order valence-corrected chi connectivity index (χ4v) is 2.07. The Labute approximate surface area is 123 Å². The van der Waals surface area contributed by atoms with E-state index in [1.54, 1.807) is 0 Å². The molecule has 116 valence electrons. The van der Waals surface area contributed by atoms with Gasteiger partial charge in [-0.15, -0.1) is 0 Å². The molecule has 0 bridgehead atoms. The maximum Gasteiger partial charge on any atom is 0.337 e. The summed E-state index contributed by atoms with van der Waals surface area (Å²) in [5, 5.41) is 2.52. The van der Waals surface area contributed by atoms with Crippen LogP contribution in [0.1, 0.15) is 37.0 Å². The third kappa shape index (κ3) is 3.58. The van der Waals surface area contributed by atoms with Crippen LogP contribution in [0.25, 0.3) is 0 Å². The van der Waals surface area contributed by atoms with Crippen molar-refractivity contribution >= 4 is 17.6 Å². The van der Waals surface area contributed by atoms with Crippen molar-refractivity contribution in [1.29, 1.82) is 0 Å². The minimum Gasteiger partial charge on any atom is -0.465 e. The van der Waals surface area contributed by atoms with Crippen molar-refractivity contribution < 1.29 is 18.7 Å². The van der Waals surface area contributed by atoms with Crippen LogP contribution >= 0.6 is 0 Å². The normalized spacial score (nSPS) is 11.1. The summed E-state index contributed by atoms with van der Waals surface area (Å²) in [6.45, 7) is 3.89. The summed E-state index contributed by atoms with van der Waals surface area (Å²) < 4.78 is 18.4. The summed E-state index contributed by atoms with van der Waals surface area (Å²) in [5.74, 6) is -1.56. The zero-order valence-corrected chi connectivity index (χ0v) is 12.5. The summed E-state index contributed by atoms with van der Waals surface area (Å²) in [5.41, 5.74) is 5.06. The van der Waals surface area contributed by atoms with Crippen molar-refractivity contribution in [2.45, 2.75) is 26.7 Å². The molecule has 0 heterocycles. The number of anilines is 1. The highest BCUT2D eigenvalue weighted by atomic mass is 19.1. The highest BCUT2D eigenvalue weighted by Crippen LogP contribution is 2.28. The standard InChI is InChI=1S/C15H21FN2O3/c1-4-15(5-2,9-17)14(20)18-12-8-10(13(19)21-3)6-7-11(12)16/h6-8H,4-5,9,17H2,1-3H3,(H,18,20). The molecular weight excluding hydrogens is 275 g/mol. The van der Waals surface area contributed by atoms with Gasteiger partial charge in [0.25, 0.3) is 0 Å². The van der Waals surface area contributed by atoms with Gasteiger partial charge in [-0.2, -0.15) is 0 Å². The molecule has 0 fully saturated rings. The average molecular weight is 296 g/mol. The van der Waals surface area contributed by atoms with Gasteiger partial charge in [-0.3, -0.25) is 4.79 Å². The van der Waals surface area contributed by atoms with E-state index in [9.17, 15) is 14.0 Å². The molecule has 0 aliphatic heterocycles. The third-order valence-corrected chi connectivity index (χ3v) is 3.86. The van der Waals surface area contributed by atoms with Gasteiger partial charge in [0.05, 0.1) is 23.8 Å². The van der Waals surface area contributed by atoms with Crippen molar-refractivity contribution in [1.82, 2.24) is 0 Å². The average Bonchev–Trinajstić information content (AvgIpc) is 2.51. The van der Waals surface area contributed by atoms with E-state index in [1.807, 2.05) is 13.8 Å². The fraction of sp³-hybridized carbons (Fsp3) is 0.467. The van der Waals surface area contributed by atoms with Crippen LogP contribution < -0.4 is 11.1 Å². The minimum absolute atomic E-state index is 0.0531. The van der Waals surface area contributed by atoms with Gasteiger partial charge in [-0.1, -0.05) is 13.8 Å². The molecule has 1 rings (SSSR count). The quantitative estimate of drug-likeness (QED) is 0.789. The molecule has 1 aromatic carbocycles. The van der Waals surface area contributed by atoms with Crippen LogP contribution in [0.3, 0.4) is 0 Å². The monoisotopic (exact) mass is 296 g/mol. The Hall–Kier alpha value is -1.95. The van der Waals surface area contributed by atoms with E-state index in [0.29, 0.717) is 12.8 Å². The first-order valence-corrected chi connectivity index (χ1v) is 6.83. The molecule has 0 spiro atoms. The Morgan fingerprint density at radius 1 is 1.33 bits per heavy atom. The molecule has 0 saturated carbocycles. The number of amides is 1. The van der Waals surface area contributed by atoms with Gasteiger partial charge in [0.1, 0.15) is 5.82 Å². The molecule has 5 nitrogen and oxygen atoms in total. The number of rotatable bonds is 6. The maximum atomic E-state index is 13.8. The van der Waals surface area contributed by atoms with E-state index in [4.69, 9.17) is 5.73 Å². The molecule has 0 saturated heterocycles. The molecule has 0 aliphatic rings. The molecule has 1 amide bonds. The molecular formula is C15H21FN2O3. The lowest BCUT2D eigenvalue weighted by Crippen LogP contribution is -2.41. The van der Waals surface area contributed by atoms with Crippen LogP contribution in [0.15, 0.2) is 18.2 Å². The first kappa shape index (κ1) is 17.1. The van der Waals surface area contributed by atoms with Gasteiger partial charge < -0.3 is 15.8 Å². The van der Waals surface area contributed by atoms with Crippen LogP contribution in [0, 0.1) is 11.2 Å². The second-order valence-corrected chi connectivity index (χ2v) is 4.83. The van der Waals surface area contributed by atoms with E-state index in [-0.39, 0.29) is 23.7 Å². The summed E-state index contributed by atoms with van der Waals surface area (Å²) >= 11 is 0. The second-order valence-electron chi connectivity index (χ2n) is 4.83. The molecule has 0 radical (unpaired) electrons. The zero-order valence-electron chi connectivity index (χ0n) is 12.5. The predicted octanol–water partition coefficient (Wildman–Crippen LogP) is 2.32. The second kappa shape index (κ2) is 7.17. The number of hydrogen-bond donors (Lipinski definition) is 2. The number of hydrogen-bond acceptors (Lipinski definition) is 4. The van der Waals surface area contributed by atoms with Crippen molar-refractivity contribution in [2.75, 3.05) is 19.0 Å². The summed E-state index contributed by atoms with van der Waals surface area (Å²) in [7, 11) is 1.23. The molecule has 1 aromatic rings. The van der Waals surface area contributed by atoms with E-state index in [0.717, 1.165) is 6.07 Å². The lowest BCUT2D eigenvalue weighted by molar-refractivity contribution is -0.125. The van der Waals surface area contributed by atoms with Crippen LogP contribution in [-0.4, -0.2) is 25.5 Å². The van der Waals surface area contributed by atoms with Crippen molar-refractivity contribution in [3.63, 3.8) is 0 Å². The number of carbonyl (C=O) groups excluding carboxylic acids is 2. The van der Waals surface area contributed by atoms with Gasteiger partial charge in [0.2, 0.25) is 5.91 Å². The van der Waals surface area contributed by atoms with Gasteiger partial charge in [0.15, 0.2) is 0 Å². The number of carbonyl (C=O) groups is 2. The first-order chi connectivity index (χ1) is 9.93. The highest BCUT2D eigenvalue weighted by Gasteiger charge is 2.33. The number of esters is 1. The smallest absolute Gasteiger partial charge is 0.337 e. The Morgan fingerprint density at radius 3 is 2.43 bits per heavy atom. The fourth-order valence-electron chi connectivity index (χ4n) is 2.07. The highest BCUT2D eigenvalue weighted by molar-refractivity contribution is 5.97. The van der Waals surface area contributed by atoms with Crippen LogP contribution in [0.5, 0.6) is 0 Å². The summed E-state index contributed by atoms with van der Waals surface area (Å²) in [6, 6.07) is 3.67. The summed E-state index contributed by atoms with van der Waals surface area (Å²) in [4.78, 5) is 23.8. The van der Waals surface area contributed by atoms with Crippen LogP contribution in [0.4, 0.5) is 10.1 Å². The van der Waals surface area contributed by atoms with Crippen molar-refractivity contribution in [3.05, 3.63) is 29.6 Å².